The molecule has 0 fully saturated rings. The second-order valence-electron chi connectivity index (χ2n) is 12.9. The zero-order valence-corrected chi connectivity index (χ0v) is 27.5. The van der Waals surface area contributed by atoms with Gasteiger partial charge < -0.3 is 4.57 Å². The molecule has 1 atom stereocenters. The molecule has 1 unspecified atom stereocenters. The van der Waals surface area contributed by atoms with E-state index in [2.05, 4.69) is 44.7 Å². The average Bonchev–Trinajstić information content (AvgIpc) is 3.43. The third kappa shape index (κ3) is 19.8. The summed E-state index contributed by atoms with van der Waals surface area (Å²) in [7, 11) is 0. The van der Waals surface area contributed by atoms with E-state index in [9.17, 15) is 0 Å². The maximum Gasteiger partial charge on any atom is 0.111 e. The zero-order valence-electron chi connectivity index (χ0n) is 27.5. The van der Waals surface area contributed by atoms with E-state index in [1.165, 1.54) is 186 Å². The Bertz CT molecular complexity index is 578. The minimum absolute atomic E-state index is 0.582. The Hall–Kier alpha value is -0.790. The van der Waals surface area contributed by atoms with Crippen molar-refractivity contribution in [1.29, 1.82) is 0 Å². The van der Waals surface area contributed by atoms with Crippen molar-refractivity contribution < 1.29 is 0 Å². The van der Waals surface area contributed by atoms with E-state index in [4.69, 9.17) is 4.98 Å². The molecule has 0 saturated heterocycles. The highest BCUT2D eigenvalue weighted by molar-refractivity contribution is 5.02. The maximum atomic E-state index is 4.93. The van der Waals surface area contributed by atoms with Crippen LogP contribution < -0.4 is 0 Å². The number of hydrogen-bond acceptors (Lipinski definition) is 1. The molecule has 0 amide bonds. The minimum atomic E-state index is 0.582. The van der Waals surface area contributed by atoms with Crippen molar-refractivity contribution in [3.8, 4) is 0 Å². The Morgan fingerprint density at radius 1 is 0.487 bits per heavy atom. The number of rotatable bonds is 30. The van der Waals surface area contributed by atoms with Gasteiger partial charge in [0.2, 0.25) is 0 Å². The first-order valence-electron chi connectivity index (χ1n) is 18.3. The molecule has 0 saturated carbocycles. The van der Waals surface area contributed by atoms with E-state index in [-0.39, 0.29) is 0 Å². The quantitative estimate of drug-likeness (QED) is 0.0880. The lowest BCUT2D eigenvalue weighted by Crippen LogP contribution is -2.13. The molecule has 0 bridgehead atoms. The minimum Gasteiger partial charge on any atom is -0.332 e. The fourth-order valence-electron chi connectivity index (χ4n) is 6.44. The molecule has 2 heteroatoms. The summed E-state index contributed by atoms with van der Waals surface area (Å²) in [6.07, 6.45) is 43.9. The van der Waals surface area contributed by atoms with Crippen molar-refractivity contribution in [3.05, 3.63) is 18.2 Å². The lowest BCUT2D eigenvalue weighted by atomic mass is 9.92. The van der Waals surface area contributed by atoms with E-state index < -0.39 is 0 Å². The molecule has 0 aliphatic rings. The molecule has 0 radical (unpaired) electrons. The second kappa shape index (κ2) is 27.4. The largest absolute Gasteiger partial charge is 0.332 e. The molecular weight excluding hydrogens is 472 g/mol. The molecule has 230 valence electrons. The second-order valence-corrected chi connectivity index (χ2v) is 12.9. The predicted molar refractivity (Wildman–Crippen MR) is 176 cm³/mol. The monoisotopic (exact) mass is 545 g/mol. The van der Waals surface area contributed by atoms with E-state index >= 15 is 0 Å². The summed E-state index contributed by atoms with van der Waals surface area (Å²) in [5.41, 5.74) is 0. The normalized spacial score (nSPS) is 12.5. The third-order valence-electron chi connectivity index (χ3n) is 9.06. The van der Waals surface area contributed by atoms with Gasteiger partial charge in [0, 0.05) is 24.4 Å². The molecule has 0 aliphatic carbocycles. The molecular formula is C37H72N2. The summed E-state index contributed by atoms with van der Waals surface area (Å²) in [5.74, 6) is 2.05. The molecule has 1 aromatic rings. The van der Waals surface area contributed by atoms with E-state index in [1.807, 2.05) is 0 Å². The van der Waals surface area contributed by atoms with Crippen LogP contribution in [0.25, 0.3) is 0 Å². The van der Waals surface area contributed by atoms with Crippen LogP contribution in [0.2, 0.25) is 0 Å². The SMILES string of the molecule is CCCCCCCCCCCCCCC(CCCCCCCCCCCCCC)c1nccn1C(C)CCC. The van der Waals surface area contributed by atoms with Crippen LogP contribution in [0.4, 0.5) is 0 Å². The highest BCUT2D eigenvalue weighted by Gasteiger charge is 2.19. The van der Waals surface area contributed by atoms with Crippen LogP contribution in [-0.4, -0.2) is 9.55 Å². The first-order valence-corrected chi connectivity index (χ1v) is 18.3. The van der Waals surface area contributed by atoms with Crippen LogP contribution >= 0.6 is 0 Å². The molecule has 39 heavy (non-hydrogen) atoms. The predicted octanol–water partition coefficient (Wildman–Crippen LogP) is 13.5. The van der Waals surface area contributed by atoms with Gasteiger partial charge in [0.15, 0.2) is 0 Å². The van der Waals surface area contributed by atoms with Crippen molar-refractivity contribution in [2.75, 3.05) is 0 Å². The lowest BCUT2D eigenvalue weighted by Gasteiger charge is -2.22. The molecule has 0 N–H and O–H groups in total. The molecule has 1 heterocycles. The Morgan fingerprint density at radius 2 is 0.846 bits per heavy atom. The van der Waals surface area contributed by atoms with Gasteiger partial charge in [-0.1, -0.05) is 181 Å². The van der Waals surface area contributed by atoms with Crippen LogP contribution in [-0.2, 0) is 0 Å². The van der Waals surface area contributed by atoms with Crippen molar-refractivity contribution in [3.63, 3.8) is 0 Å². The summed E-state index contributed by atoms with van der Waals surface area (Å²) < 4.78 is 2.52. The molecule has 1 rings (SSSR count). The lowest BCUT2D eigenvalue weighted by molar-refractivity contribution is 0.421. The maximum absolute atomic E-state index is 4.93. The van der Waals surface area contributed by atoms with Gasteiger partial charge in [-0.15, -0.1) is 0 Å². The Morgan fingerprint density at radius 3 is 1.21 bits per heavy atom. The summed E-state index contributed by atoms with van der Waals surface area (Å²) in [6, 6.07) is 0.582. The van der Waals surface area contributed by atoms with Gasteiger partial charge in [-0.3, -0.25) is 0 Å². The molecule has 2 nitrogen and oxygen atoms in total. The highest BCUT2D eigenvalue weighted by Crippen LogP contribution is 2.30. The van der Waals surface area contributed by atoms with Crippen LogP contribution in [0.1, 0.15) is 225 Å². The van der Waals surface area contributed by atoms with Gasteiger partial charge in [-0.25, -0.2) is 4.98 Å². The van der Waals surface area contributed by atoms with Crippen LogP contribution in [0.3, 0.4) is 0 Å². The van der Waals surface area contributed by atoms with Gasteiger partial charge in [-0.05, 0) is 26.2 Å². The number of hydrogen-bond donors (Lipinski definition) is 0. The summed E-state index contributed by atoms with van der Waals surface area (Å²) in [5, 5.41) is 0. The Labute approximate surface area is 246 Å². The first kappa shape index (κ1) is 36.2. The van der Waals surface area contributed by atoms with Crippen molar-refractivity contribution in [2.45, 2.75) is 219 Å². The fourth-order valence-corrected chi connectivity index (χ4v) is 6.44. The molecule has 0 aromatic carbocycles. The van der Waals surface area contributed by atoms with Crippen molar-refractivity contribution >= 4 is 0 Å². The zero-order chi connectivity index (χ0) is 28.2. The summed E-state index contributed by atoms with van der Waals surface area (Å²) in [4.78, 5) is 4.93. The van der Waals surface area contributed by atoms with Crippen molar-refractivity contribution in [1.82, 2.24) is 9.55 Å². The average molecular weight is 545 g/mol. The van der Waals surface area contributed by atoms with Crippen LogP contribution in [0, 0.1) is 0 Å². The number of nitrogens with zero attached hydrogens (tertiary/aromatic N) is 2. The summed E-state index contributed by atoms with van der Waals surface area (Å²) in [6.45, 7) is 9.31. The number of imidazole rings is 1. The molecule has 0 spiro atoms. The molecule has 0 aliphatic heterocycles. The highest BCUT2D eigenvalue weighted by atomic mass is 15.1. The van der Waals surface area contributed by atoms with E-state index in [0.29, 0.717) is 12.0 Å². The van der Waals surface area contributed by atoms with Gasteiger partial charge in [-0.2, -0.15) is 0 Å². The van der Waals surface area contributed by atoms with Crippen LogP contribution in [0.5, 0.6) is 0 Å². The van der Waals surface area contributed by atoms with E-state index in [1.54, 1.807) is 0 Å². The number of aromatic nitrogens is 2. The number of unbranched alkanes of at least 4 members (excludes halogenated alkanes) is 22. The fraction of sp³-hybridized carbons (Fsp3) is 0.919. The topological polar surface area (TPSA) is 17.8 Å². The Kier molecular flexibility index (Phi) is 25.4. The smallest absolute Gasteiger partial charge is 0.111 e. The van der Waals surface area contributed by atoms with Gasteiger partial charge in [0.1, 0.15) is 5.82 Å². The Balaban J connectivity index is 2.28. The molecule has 1 aromatic heterocycles. The van der Waals surface area contributed by atoms with Crippen molar-refractivity contribution in [2.24, 2.45) is 0 Å². The summed E-state index contributed by atoms with van der Waals surface area (Å²) >= 11 is 0. The van der Waals surface area contributed by atoms with Gasteiger partial charge in [0.05, 0.1) is 0 Å². The van der Waals surface area contributed by atoms with E-state index in [0.717, 1.165) is 0 Å². The van der Waals surface area contributed by atoms with Crippen LogP contribution in [0.15, 0.2) is 12.4 Å². The standard InChI is InChI=1S/C37H72N2/c1-5-8-10-12-14-16-18-20-22-24-26-28-31-36(37-38-33-34-39(37)35(4)30-7-3)32-29-27-25-23-21-19-17-15-13-11-9-6-2/h33-36H,5-32H2,1-4H3. The third-order valence-corrected chi connectivity index (χ3v) is 9.06. The van der Waals surface area contributed by atoms with Gasteiger partial charge in [0.25, 0.3) is 0 Å². The van der Waals surface area contributed by atoms with Gasteiger partial charge >= 0.3 is 0 Å². The first-order chi connectivity index (χ1) is 19.2.